The number of benzene rings is 1. The summed E-state index contributed by atoms with van der Waals surface area (Å²) in [6, 6.07) is 9.76. The van der Waals surface area contributed by atoms with Crippen LogP contribution < -0.4 is 10.1 Å². The van der Waals surface area contributed by atoms with Gasteiger partial charge in [0.25, 0.3) is 0 Å². The van der Waals surface area contributed by atoms with E-state index in [1.807, 2.05) is 30.3 Å². The zero-order valence-corrected chi connectivity index (χ0v) is 16.3. The van der Waals surface area contributed by atoms with Crippen LogP contribution in [0.2, 0.25) is 5.02 Å². The highest BCUT2D eigenvalue weighted by Crippen LogP contribution is 2.32. The Morgan fingerprint density at radius 3 is 2.78 bits per heavy atom. The molecular weight excluding hydrogens is 364 g/mol. The van der Waals surface area contributed by atoms with Crippen molar-refractivity contribution < 1.29 is 9.47 Å². The highest BCUT2D eigenvalue weighted by molar-refractivity contribution is 6.31. The van der Waals surface area contributed by atoms with Gasteiger partial charge in [-0.15, -0.1) is 0 Å². The number of aromatic nitrogens is 2. The van der Waals surface area contributed by atoms with Crippen LogP contribution in [0.1, 0.15) is 6.92 Å². The molecule has 1 atom stereocenters. The molecule has 1 aliphatic rings. The zero-order valence-electron chi connectivity index (χ0n) is 15.5. The third-order valence-electron chi connectivity index (χ3n) is 4.79. The normalized spacial score (nSPS) is 16.6. The number of nitrogens with zero attached hydrogens (tertiary/aromatic N) is 3. The molecule has 27 heavy (non-hydrogen) atoms. The lowest BCUT2D eigenvalue weighted by Gasteiger charge is -2.30. The molecule has 3 aromatic rings. The lowest BCUT2D eigenvalue weighted by atomic mass is 10.1. The fourth-order valence-corrected chi connectivity index (χ4v) is 3.66. The Morgan fingerprint density at radius 2 is 2.00 bits per heavy atom. The molecule has 3 heterocycles. The average Bonchev–Trinajstić information content (AvgIpc) is 2.68. The maximum Gasteiger partial charge on any atom is 0.213 e. The van der Waals surface area contributed by atoms with Crippen LogP contribution >= 0.6 is 11.6 Å². The van der Waals surface area contributed by atoms with Crippen LogP contribution in [0.25, 0.3) is 21.9 Å². The Bertz CT molecular complexity index is 960. The molecule has 0 bridgehead atoms. The van der Waals surface area contributed by atoms with E-state index in [2.05, 4.69) is 22.1 Å². The summed E-state index contributed by atoms with van der Waals surface area (Å²) in [4.78, 5) is 11.8. The van der Waals surface area contributed by atoms with E-state index in [-0.39, 0.29) is 6.04 Å². The molecule has 7 heteroatoms. The van der Waals surface area contributed by atoms with E-state index in [0.29, 0.717) is 10.9 Å². The average molecular weight is 387 g/mol. The highest BCUT2D eigenvalue weighted by atomic mass is 35.5. The first-order valence-corrected chi connectivity index (χ1v) is 9.52. The van der Waals surface area contributed by atoms with Crippen molar-refractivity contribution >= 4 is 39.2 Å². The van der Waals surface area contributed by atoms with Gasteiger partial charge in [-0.1, -0.05) is 11.6 Å². The molecule has 1 aliphatic heterocycles. The van der Waals surface area contributed by atoms with Crippen LogP contribution in [0.4, 0.5) is 5.69 Å². The van der Waals surface area contributed by atoms with Gasteiger partial charge in [0.1, 0.15) is 5.52 Å². The van der Waals surface area contributed by atoms with E-state index in [9.17, 15) is 0 Å². The predicted molar refractivity (Wildman–Crippen MR) is 109 cm³/mol. The van der Waals surface area contributed by atoms with Crippen molar-refractivity contribution in [2.45, 2.75) is 13.0 Å². The van der Waals surface area contributed by atoms with Crippen molar-refractivity contribution in [2.75, 3.05) is 45.3 Å². The Kier molecular flexibility index (Phi) is 5.29. The molecule has 6 nitrogen and oxygen atoms in total. The van der Waals surface area contributed by atoms with Crippen LogP contribution in [-0.4, -0.2) is 60.9 Å². The standard InChI is InChI=1S/C20H23ClN4O2/c1-13(12-25-7-9-27-10-8-25)22-19-15-4-3-14(21)11-17(15)23-16-5-6-18(26-2)24-20(16)19/h3-6,11,13H,7-10,12H2,1-2H3,(H,22,23). The van der Waals surface area contributed by atoms with E-state index in [4.69, 9.17) is 26.1 Å². The minimum absolute atomic E-state index is 0.237. The fourth-order valence-electron chi connectivity index (χ4n) is 3.50. The van der Waals surface area contributed by atoms with E-state index >= 15 is 0 Å². The Hall–Kier alpha value is -2.15. The number of halogens is 1. The molecule has 0 spiro atoms. The minimum atomic E-state index is 0.237. The second kappa shape index (κ2) is 7.84. The van der Waals surface area contributed by atoms with E-state index in [1.54, 1.807) is 7.11 Å². The second-order valence-electron chi connectivity index (χ2n) is 6.83. The third kappa shape index (κ3) is 3.93. The molecule has 142 valence electrons. The fraction of sp³-hybridized carbons (Fsp3) is 0.400. The lowest BCUT2D eigenvalue weighted by Crippen LogP contribution is -2.42. The van der Waals surface area contributed by atoms with Gasteiger partial charge in [-0.05, 0) is 31.2 Å². The maximum absolute atomic E-state index is 6.19. The number of fused-ring (bicyclic) bond motifs is 2. The van der Waals surface area contributed by atoms with E-state index in [0.717, 1.165) is 60.5 Å². The van der Waals surface area contributed by atoms with E-state index < -0.39 is 0 Å². The number of pyridine rings is 2. The van der Waals surface area contributed by atoms with Gasteiger partial charge in [-0.25, -0.2) is 9.97 Å². The first-order chi connectivity index (χ1) is 13.1. The molecule has 2 aromatic heterocycles. The number of ether oxygens (including phenoxy) is 2. The Labute approximate surface area is 163 Å². The zero-order chi connectivity index (χ0) is 18.8. The molecule has 0 aliphatic carbocycles. The quantitative estimate of drug-likeness (QED) is 0.676. The first kappa shape index (κ1) is 18.2. The van der Waals surface area contributed by atoms with Crippen molar-refractivity contribution in [1.82, 2.24) is 14.9 Å². The molecular formula is C20H23ClN4O2. The highest BCUT2D eigenvalue weighted by Gasteiger charge is 2.17. The summed E-state index contributed by atoms with van der Waals surface area (Å²) < 4.78 is 10.8. The topological polar surface area (TPSA) is 59.5 Å². The summed E-state index contributed by atoms with van der Waals surface area (Å²) in [5.41, 5.74) is 3.43. The van der Waals surface area contributed by atoms with Gasteiger partial charge < -0.3 is 14.8 Å². The van der Waals surface area contributed by atoms with Crippen LogP contribution in [0, 0.1) is 0 Å². The van der Waals surface area contributed by atoms with Crippen molar-refractivity contribution in [3.8, 4) is 5.88 Å². The summed E-state index contributed by atoms with van der Waals surface area (Å²) >= 11 is 6.19. The van der Waals surface area contributed by atoms with Gasteiger partial charge in [0, 0.05) is 42.2 Å². The number of methoxy groups -OCH3 is 1. The van der Waals surface area contributed by atoms with Crippen molar-refractivity contribution in [1.29, 1.82) is 0 Å². The van der Waals surface area contributed by atoms with Crippen molar-refractivity contribution in [3.05, 3.63) is 35.4 Å². The van der Waals surface area contributed by atoms with Gasteiger partial charge >= 0.3 is 0 Å². The molecule has 0 radical (unpaired) electrons. The summed E-state index contributed by atoms with van der Waals surface area (Å²) in [5, 5.41) is 5.33. The Balaban J connectivity index is 1.74. The summed E-state index contributed by atoms with van der Waals surface area (Å²) in [6.45, 7) is 6.64. The van der Waals surface area contributed by atoms with Gasteiger partial charge in [0.05, 0.1) is 37.0 Å². The largest absolute Gasteiger partial charge is 0.481 e. The summed E-state index contributed by atoms with van der Waals surface area (Å²) in [5.74, 6) is 0.571. The number of nitrogens with one attached hydrogen (secondary N) is 1. The Morgan fingerprint density at radius 1 is 1.19 bits per heavy atom. The third-order valence-corrected chi connectivity index (χ3v) is 5.03. The number of hydrogen-bond donors (Lipinski definition) is 1. The number of morpholine rings is 1. The monoisotopic (exact) mass is 386 g/mol. The van der Waals surface area contributed by atoms with E-state index in [1.165, 1.54) is 0 Å². The van der Waals surface area contributed by atoms with Crippen LogP contribution in [0.3, 0.4) is 0 Å². The molecule has 1 aromatic carbocycles. The van der Waals surface area contributed by atoms with Crippen LogP contribution in [0.15, 0.2) is 30.3 Å². The first-order valence-electron chi connectivity index (χ1n) is 9.14. The second-order valence-corrected chi connectivity index (χ2v) is 7.26. The van der Waals surface area contributed by atoms with Gasteiger partial charge in [0.15, 0.2) is 0 Å². The van der Waals surface area contributed by atoms with Crippen LogP contribution in [-0.2, 0) is 4.74 Å². The molecule has 1 fully saturated rings. The number of hydrogen-bond acceptors (Lipinski definition) is 6. The van der Waals surface area contributed by atoms with Crippen LogP contribution in [0.5, 0.6) is 5.88 Å². The predicted octanol–water partition coefficient (Wildman–Crippen LogP) is 3.58. The lowest BCUT2D eigenvalue weighted by molar-refractivity contribution is 0.0368. The molecule has 1 unspecified atom stereocenters. The van der Waals surface area contributed by atoms with Crippen molar-refractivity contribution in [2.24, 2.45) is 0 Å². The maximum atomic E-state index is 6.19. The summed E-state index contributed by atoms with van der Waals surface area (Å²) in [6.07, 6.45) is 0. The van der Waals surface area contributed by atoms with Gasteiger partial charge in [-0.3, -0.25) is 4.90 Å². The smallest absolute Gasteiger partial charge is 0.213 e. The minimum Gasteiger partial charge on any atom is -0.481 e. The van der Waals surface area contributed by atoms with Gasteiger partial charge in [0.2, 0.25) is 5.88 Å². The molecule has 1 saturated heterocycles. The van der Waals surface area contributed by atoms with Crippen molar-refractivity contribution in [3.63, 3.8) is 0 Å². The molecule has 4 rings (SSSR count). The number of anilines is 1. The molecule has 1 N–H and O–H groups in total. The molecule has 0 saturated carbocycles. The number of rotatable bonds is 5. The molecule has 0 amide bonds. The SMILES string of the molecule is COc1ccc2nc3cc(Cl)ccc3c(NC(C)CN3CCOCC3)c2n1. The summed E-state index contributed by atoms with van der Waals surface area (Å²) in [7, 11) is 1.62. The van der Waals surface area contributed by atoms with Gasteiger partial charge in [-0.2, -0.15) is 0 Å².